The summed E-state index contributed by atoms with van der Waals surface area (Å²) < 4.78 is 0. The van der Waals surface area contributed by atoms with Crippen LogP contribution in [0.4, 0.5) is 17.5 Å². The maximum absolute atomic E-state index is 11.8. The van der Waals surface area contributed by atoms with Crippen molar-refractivity contribution in [3.05, 3.63) is 5.15 Å². The van der Waals surface area contributed by atoms with Crippen LogP contribution < -0.4 is 16.0 Å². The summed E-state index contributed by atoms with van der Waals surface area (Å²) >= 11 is 6.03. The first-order valence-corrected chi connectivity index (χ1v) is 5.74. The molecule has 2 heterocycles. The van der Waals surface area contributed by atoms with E-state index >= 15 is 0 Å². The molecule has 1 aliphatic rings. The summed E-state index contributed by atoms with van der Waals surface area (Å²) in [5, 5.41) is 3.09. The Labute approximate surface area is 104 Å². The van der Waals surface area contributed by atoms with Gasteiger partial charge in [-0.3, -0.25) is 4.79 Å². The first-order valence-electron chi connectivity index (χ1n) is 5.36. The summed E-state index contributed by atoms with van der Waals surface area (Å²) in [5.41, 5.74) is 6.03. The van der Waals surface area contributed by atoms with Crippen LogP contribution >= 0.6 is 11.6 Å². The Morgan fingerprint density at radius 1 is 1.53 bits per heavy atom. The standard InChI is InChI=1S/C10H14ClN5O/c1-5(2)4-16-6(17)3-13-9-7(16)8(11)14-10(12)15-9/h5H,3-4H2,1-2H3,(H3,12,13,14,15). The minimum atomic E-state index is -0.0403. The third-order valence-corrected chi connectivity index (χ3v) is 2.65. The van der Waals surface area contributed by atoms with Crippen molar-refractivity contribution in [1.82, 2.24) is 9.97 Å². The number of nitrogens with one attached hydrogen (secondary N) is 1. The molecule has 0 aromatic carbocycles. The highest BCUT2D eigenvalue weighted by Crippen LogP contribution is 2.34. The van der Waals surface area contributed by atoms with Gasteiger partial charge in [0.2, 0.25) is 11.9 Å². The fourth-order valence-electron chi connectivity index (χ4n) is 1.74. The van der Waals surface area contributed by atoms with Crippen LogP contribution in [0.5, 0.6) is 0 Å². The lowest BCUT2D eigenvalue weighted by Crippen LogP contribution is -2.42. The van der Waals surface area contributed by atoms with Crippen LogP contribution in [-0.4, -0.2) is 29.0 Å². The molecule has 0 unspecified atom stereocenters. The highest BCUT2D eigenvalue weighted by atomic mass is 35.5. The van der Waals surface area contributed by atoms with E-state index in [4.69, 9.17) is 17.3 Å². The Morgan fingerprint density at radius 3 is 2.88 bits per heavy atom. The topological polar surface area (TPSA) is 84.1 Å². The van der Waals surface area contributed by atoms with E-state index in [0.717, 1.165) is 0 Å². The lowest BCUT2D eigenvalue weighted by molar-refractivity contribution is -0.117. The molecule has 0 spiro atoms. The quantitative estimate of drug-likeness (QED) is 0.774. The Hall–Kier alpha value is -1.56. The molecular weight excluding hydrogens is 242 g/mol. The molecule has 92 valence electrons. The minimum absolute atomic E-state index is 0.0403. The second-order valence-corrected chi connectivity index (χ2v) is 4.68. The van der Waals surface area contributed by atoms with Crippen molar-refractivity contribution in [3.8, 4) is 0 Å². The highest BCUT2D eigenvalue weighted by Gasteiger charge is 2.28. The maximum atomic E-state index is 11.8. The van der Waals surface area contributed by atoms with Crippen molar-refractivity contribution in [1.29, 1.82) is 0 Å². The summed E-state index contributed by atoms with van der Waals surface area (Å²) in [6.45, 7) is 4.84. The van der Waals surface area contributed by atoms with Crippen molar-refractivity contribution in [2.75, 3.05) is 29.0 Å². The molecule has 2 rings (SSSR count). The molecule has 0 fully saturated rings. The van der Waals surface area contributed by atoms with Crippen LogP contribution in [0.1, 0.15) is 13.8 Å². The predicted molar refractivity (Wildman–Crippen MR) is 67.1 cm³/mol. The molecule has 0 saturated carbocycles. The average Bonchev–Trinajstić information content (AvgIpc) is 2.21. The fourth-order valence-corrected chi connectivity index (χ4v) is 2.02. The van der Waals surface area contributed by atoms with Gasteiger partial charge in [-0.2, -0.15) is 9.97 Å². The Kier molecular flexibility index (Phi) is 3.06. The number of nitrogens with zero attached hydrogens (tertiary/aromatic N) is 3. The van der Waals surface area contributed by atoms with E-state index in [2.05, 4.69) is 15.3 Å². The van der Waals surface area contributed by atoms with Crippen LogP contribution in [0.3, 0.4) is 0 Å². The van der Waals surface area contributed by atoms with Gasteiger partial charge in [-0.15, -0.1) is 0 Å². The number of rotatable bonds is 2. The van der Waals surface area contributed by atoms with Crippen molar-refractivity contribution < 1.29 is 4.79 Å². The van der Waals surface area contributed by atoms with Crippen LogP contribution in [0.25, 0.3) is 0 Å². The van der Waals surface area contributed by atoms with E-state index in [-0.39, 0.29) is 23.6 Å². The zero-order valence-corrected chi connectivity index (χ0v) is 10.5. The number of halogens is 1. The average molecular weight is 256 g/mol. The van der Waals surface area contributed by atoms with Gasteiger partial charge in [0.05, 0.1) is 6.54 Å². The molecule has 0 aliphatic carbocycles. The number of nitrogens with two attached hydrogens (primary N) is 1. The van der Waals surface area contributed by atoms with E-state index in [0.29, 0.717) is 24.0 Å². The number of carbonyl (C=O) groups excluding carboxylic acids is 1. The van der Waals surface area contributed by atoms with Gasteiger partial charge < -0.3 is 16.0 Å². The molecule has 1 amide bonds. The number of hydrogen-bond acceptors (Lipinski definition) is 5. The maximum Gasteiger partial charge on any atom is 0.246 e. The van der Waals surface area contributed by atoms with E-state index in [1.807, 2.05) is 13.8 Å². The second kappa shape index (κ2) is 4.37. The molecule has 1 aromatic rings. The predicted octanol–water partition coefficient (Wildman–Crippen LogP) is 1.13. The van der Waals surface area contributed by atoms with E-state index in [1.165, 1.54) is 0 Å². The zero-order valence-electron chi connectivity index (χ0n) is 9.70. The summed E-state index contributed by atoms with van der Waals surface area (Å²) in [5.74, 6) is 0.905. The number of carbonyl (C=O) groups is 1. The number of anilines is 3. The van der Waals surface area contributed by atoms with Gasteiger partial charge in [-0.05, 0) is 5.92 Å². The molecule has 0 atom stereocenters. The van der Waals surface area contributed by atoms with Crippen LogP contribution in [0, 0.1) is 5.92 Å². The van der Waals surface area contributed by atoms with Gasteiger partial charge in [0.15, 0.2) is 11.0 Å². The monoisotopic (exact) mass is 255 g/mol. The number of nitrogen functional groups attached to an aromatic ring is 1. The van der Waals surface area contributed by atoms with Crippen molar-refractivity contribution in [2.24, 2.45) is 5.92 Å². The first-order chi connectivity index (χ1) is 7.99. The molecular formula is C10H14ClN5O. The summed E-state index contributed by atoms with van der Waals surface area (Å²) in [6, 6.07) is 0. The smallest absolute Gasteiger partial charge is 0.246 e. The van der Waals surface area contributed by atoms with Gasteiger partial charge in [0.25, 0.3) is 0 Å². The highest BCUT2D eigenvalue weighted by molar-refractivity contribution is 6.33. The van der Waals surface area contributed by atoms with Crippen molar-refractivity contribution in [3.63, 3.8) is 0 Å². The lowest BCUT2D eigenvalue weighted by Gasteiger charge is -2.30. The number of hydrogen-bond donors (Lipinski definition) is 2. The normalized spacial score (nSPS) is 14.8. The number of amides is 1. The lowest BCUT2D eigenvalue weighted by atomic mass is 10.2. The molecule has 3 N–H and O–H groups in total. The van der Waals surface area contributed by atoms with Crippen LogP contribution in [0.15, 0.2) is 0 Å². The molecule has 6 nitrogen and oxygen atoms in total. The zero-order chi connectivity index (χ0) is 12.6. The SMILES string of the molecule is CC(C)CN1C(=O)CNc2nc(N)nc(Cl)c21. The number of aromatic nitrogens is 2. The third kappa shape index (κ3) is 2.26. The van der Waals surface area contributed by atoms with Gasteiger partial charge in [0.1, 0.15) is 5.69 Å². The fraction of sp³-hybridized carbons (Fsp3) is 0.500. The first kappa shape index (κ1) is 11.9. The van der Waals surface area contributed by atoms with Crippen molar-refractivity contribution in [2.45, 2.75) is 13.8 Å². The van der Waals surface area contributed by atoms with E-state index in [1.54, 1.807) is 4.90 Å². The Morgan fingerprint density at radius 2 is 2.24 bits per heavy atom. The largest absolute Gasteiger partial charge is 0.368 e. The summed E-state index contributed by atoms with van der Waals surface area (Å²) in [7, 11) is 0. The molecule has 0 saturated heterocycles. The van der Waals surface area contributed by atoms with E-state index < -0.39 is 0 Å². The van der Waals surface area contributed by atoms with Crippen LogP contribution in [-0.2, 0) is 4.79 Å². The third-order valence-electron chi connectivity index (χ3n) is 2.38. The van der Waals surface area contributed by atoms with Gasteiger partial charge >= 0.3 is 0 Å². The van der Waals surface area contributed by atoms with E-state index in [9.17, 15) is 4.79 Å². The minimum Gasteiger partial charge on any atom is -0.368 e. The molecule has 17 heavy (non-hydrogen) atoms. The summed E-state index contributed by atoms with van der Waals surface area (Å²) in [4.78, 5) is 21.4. The second-order valence-electron chi connectivity index (χ2n) is 4.32. The molecule has 0 bridgehead atoms. The van der Waals surface area contributed by atoms with Gasteiger partial charge in [0, 0.05) is 6.54 Å². The Bertz CT molecular complexity index is 462. The number of fused-ring (bicyclic) bond motifs is 1. The molecule has 0 radical (unpaired) electrons. The Balaban J connectivity index is 2.47. The van der Waals surface area contributed by atoms with Crippen LogP contribution in [0.2, 0.25) is 5.15 Å². The van der Waals surface area contributed by atoms with Gasteiger partial charge in [-0.1, -0.05) is 25.4 Å². The molecule has 1 aliphatic heterocycles. The molecule has 7 heteroatoms. The van der Waals surface area contributed by atoms with Gasteiger partial charge in [-0.25, -0.2) is 0 Å². The molecule has 1 aromatic heterocycles. The van der Waals surface area contributed by atoms with Crippen molar-refractivity contribution >= 4 is 35.0 Å². The summed E-state index contributed by atoms with van der Waals surface area (Å²) in [6.07, 6.45) is 0.